The Labute approximate surface area is 98.4 Å². The highest BCUT2D eigenvalue weighted by Crippen LogP contribution is 2.12. The van der Waals surface area contributed by atoms with E-state index in [2.05, 4.69) is 4.98 Å². The van der Waals surface area contributed by atoms with Gasteiger partial charge in [0.05, 0.1) is 4.88 Å². The first kappa shape index (κ1) is 10.8. The first-order chi connectivity index (χ1) is 7.77. The van der Waals surface area contributed by atoms with Crippen molar-refractivity contribution in [3.63, 3.8) is 0 Å². The number of pyridine rings is 1. The Morgan fingerprint density at radius 2 is 2.12 bits per heavy atom. The topological polar surface area (TPSA) is 33.2 Å². The molecule has 0 radical (unpaired) electrons. The number of amides is 1. The van der Waals surface area contributed by atoms with Gasteiger partial charge in [-0.1, -0.05) is 6.07 Å². The monoisotopic (exact) mass is 232 g/mol. The molecule has 0 aliphatic heterocycles. The van der Waals surface area contributed by atoms with Crippen LogP contribution in [0.4, 0.5) is 0 Å². The van der Waals surface area contributed by atoms with Gasteiger partial charge < -0.3 is 4.90 Å². The normalized spacial score (nSPS) is 10.1. The SMILES string of the molecule is CN(Cc1ccncc1)C(=O)c1cccs1. The van der Waals surface area contributed by atoms with E-state index in [9.17, 15) is 4.79 Å². The van der Waals surface area contributed by atoms with Gasteiger partial charge >= 0.3 is 0 Å². The molecule has 0 unspecified atom stereocenters. The predicted molar refractivity (Wildman–Crippen MR) is 64.4 cm³/mol. The molecule has 1 amide bonds. The van der Waals surface area contributed by atoms with Gasteiger partial charge in [0, 0.05) is 26.0 Å². The first-order valence-electron chi connectivity index (χ1n) is 4.95. The lowest BCUT2D eigenvalue weighted by atomic mass is 10.2. The molecule has 0 saturated carbocycles. The van der Waals surface area contributed by atoms with E-state index >= 15 is 0 Å². The van der Waals surface area contributed by atoms with Crippen LogP contribution in [0.2, 0.25) is 0 Å². The number of thiophene rings is 1. The molecule has 0 spiro atoms. The highest BCUT2D eigenvalue weighted by Gasteiger charge is 2.12. The minimum Gasteiger partial charge on any atom is -0.337 e. The third kappa shape index (κ3) is 2.46. The molecule has 82 valence electrons. The number of rotatable bonds is 3. The lowest BCUT2D eigenvalue weighted by Gasteiger charge is -2.15. The summed E-state index contributed by atoms with van der Waals surface area (Å²) in [6, 6.07) is 7.56. The summed E-state index contributed by atoms with van der Waals surface area (Å²) >= 11 is 1.47. The maximum absolute atomic E-state index is 11.9. The van der Waals surface area contributed by atoms with Gasteiger partial charge in [0.15, 0.2) is 0 Å². The molecule has 16 heavy (non-hydrogen) atoms. The van der Waals surface area contributed by atoms with Crippen LogP contribution in [0.15, 0.2) is 42.0 Å². The number of carbonyl (C=O) groups excluding carboxylic acids is 1. The summed E-state index contributed by atoms with van der Waals surface area (Å²) < 4.78 is 0. The van der Waals surface area contributed by atoms with Crippen LogP contribution in [0.5, 0.6) is 0 Å². The van der Waals surface area contributed by atoms with E-state index in [0.717, 1.165) is 10.4 Å². The minimum absolute atomic E-state index is 0.0619. The lowest BCUT2D eigenvalue weighted by Crippen LogP contribution is -2.25. The molecule has 0 atom stereocenters. The molecule has 4 heteroatoms. The Hall–Kier alpha value is -1.68. The van der Waals surface area contributed by atoms with E-state index in [1.165, 1.54) is 11.3 Å². The van der Waals surface area contributed by atoms with Gasteiger partial charge in [-0.05, 0) is 29.1 Å². The molecule has 2 aromatic rings. The number of carbonyl (C=O) groups is 1. The summed E-state index contributed by atoms with van der Waals surface area (Å²) in [7, 11) is 1.81. The molecule has 3 nitrogen and oxygen atoms in total. The van der Waals surface area contributed by atoms with E-state index in [-0.39, 0.29) is 5.91 Å². The average molecular weight is 232 g/mol. The average Bonchev–Trinajstić information content (AvgIpc) is 2.83. The zero-order valence-electron chi connectivity index (χ0n) is 8.96. The Balaban J connectivity index is 2.04. The highest BCUT2D eigenvalue weighted by atomic mass is 32.1. The summed E-state index contributed by atoms with van der Waals surface area (Å²) in [6.07, 6.45) is 3.47. The van der Waals surface area contributed by atoms with Crippen molar-refractivity contribution in [3.05, 3.63) is 52.5 Å². The van der Waals surface area contributed by atoms with Crippen LogP contribution >= 0.6 is 11.3 Å². The van der Waals surface area contributed by atoms with E-state index in [1.54, 1.807) is 17.3 Å². The molecule has 0 N–H and O–H groups in total. The van der Waals surface area contributed by atoms with Crippen LogP contribution < -0.4 is 0 Å². The standard InChI is InChI=1S/C12H12N2OS/c1-14(9-10-4-6-13-7-5-10)12(15)11-3-2-8-16-11/h2-8H,9H2,1H3. The van der Waals surface area contributed by atoms with Crippen molar-refractivity contribution in [2.75, 3.05) is 7.05 Å². The highest BCUT2D eigenvalue weighted by molar-refractivity contribution is 7.12. The summed E-state index contributed by atoms with van der Waals surface area (Å²) in [6.45, 7) is 0.610. The molecule has 0 aliphatic rings. The van der Waals surface area contributed by atoms with Crippen LogP contribution in [0.3, 0.4) is 0 Å². The van der Waals surface area contributed by atoms with Crippen molar-refractivity contribution in [1.29, 1.82) is 0 Å². The fourth-order valence-electron chi connectivity index (χ4n) is 1.42. The van der Waals surface area contributed by atoms with Gasteiger partial charge in [0.2, 0.25) is 0 Å². The predicted octanol–water partition coefficient (Wildman–Crippen LogP) is 2.42. The molecule has 0 fully saturated rings. The van der Waals surface area contributed by atoms with Gasteiger partial charge in [0.25, 0.3) is 5.91 Å². The van der Waals surface area contributed by atoms with Crippen molar-refractivity contribution in [2.24, 2.45) is 0 Å². The van der Waals surface area contributed by atoms with E-state index in [0.29, 0.717) is 6.54 Å². The van der Waals surface area contributed by atoms with Crippen LogP contribution in [-0.4, -0.2) is 22.8 Å². The smallest absolute Gasteiger partial charge is 0.263 e. The van der Waals surface area contributed by atoms with E-state index in [1.807, 2.05) is 36.7 Å². The van der Waals surface area contributed by atoms with Crippen molar-refractivity contribution in [2.45, 2.75) is 6.54 Å². The van der Waals surface area contributed by atoms with E-state index < -0.39 is 0 Å². The van der Waals surface area contributed by atoms with Crippen molar-refractivity contribution in [1.82, 2.24) is 9.88 Å². The van der Waals surface area contributed by atoms with Gasteiger partial charge in [-0.25, -0.2) is 0 Å². The molecule has 0 aromatic carbocycles. The second-order valence-electron chi connectivity index (χ2n) is 3.49. The van der Waals surface area contributed by atoms with Gasteiger partial charge in [-0.2, -0.15) is 0 Å². The van der Waals surface area contributed by atoms with Crippen molar-refractivity contribution in [3.8, 4) is 0 Å². The maximum Gasteiger partial charge on any atom is 0.263 e. The largest absolute Gasteiger partial charge is 0.337 e. The quantitative estimate of drug-likeness (QED) is 0.814. The molecule has 2 rings (SSSR count). The van der Waals surface area contributed by atoms with Crippen LogP contribution in [0.25, 0.3) is 0 Å². The second kappa shape index (κ2) is 4.90. The second-order valence-corrected chi connectivity index (χ2v) is 4.44. The maximum atomic E-state index is 11.9. The molecule has 0 bridgehead atoms. The first-order valence-corrected chi connectivity index (χ1v) is 5.83. The van der Waals surface area contributed by atoms with E-state index in [4.69, 9.17) is 0 Å². The molecule has 0 saturated heterocycles. The summed E-state index contributed by atoms with van der Waals surface area (Å²) in [5, 5.41) is 1.91. The molecule has 0 aliphatic carbocycles. The molecule has 2 heterocycles. The number of nitrogens with zero attached hydrogens (tertiary/aromatic N) is 2. The molecular formula is C12H12N2OS. The van der Waals surface area contributed by atoms with Crippen LogP contribution in [0.1, 0.15) is 15.2 Å². The van der Waals surface area contributed by atoms with Crippen molar-refractivity contribution >= 4 is 17.2 Å². The summed E-state index contributed by atoms with van der Waals surface area (Å²) in [5.41, 5.74) is 1.09. The van der Waals surface area contributed by atoms with Crippen molar-refractivity contribution < 1.29 is 4.79 Å². The number of hydrogen-bond donors (Lipinski definition) is 0. The molecular weight excluding hydrogens is 220 g/mol. The molecule has 2 aromatic heterocycles. The van der Waals surface area contributed by atoms with Gasteiger partial charge in [-0.3, -0.25) is 9.78 Å². The Morgan fingerprint density at radius 1 is 1.38 bits per heavy atom. The fourth-order valence-corrected chi connectivity index (χ4v) is 2.14. The lowest BCUT2D eigenvalue weighted by molar-refractivity contribution is 0.0790. The van der Waals surface area contributed by atoms with Crippen LogP contribution in [-0.2, 0) is 6.54 Å². The van der Waals surface area contributed by atoms with Gasteiger partial charge in [0.1, 0.15) is 0 Å². The Bertz CT molecular complexity index is 453. The number of hydrogen-bond acceptors (Lipinski definition) is 3. The third-order valence-corrected chi connectivity index (χ3v) is 3.11. The summed E-state index contributed by atoms with van der Waals surface area (Å²) in [5.74, 6) is 0.0619. The summed E-state index contributed by atoms with van der Waals surface area (Å²) in [4.78, 5) is 18.4. The number of aromatic nitrogens is 1. The third-order valence-electron chi connectivity index (χ3n) is 2.25. The minimum atomic E-state index is 0.0619. The Morgan fingerprint density at radius 3 is 2.75 bits per heavy atom. The fraction of sp³-hybridized carbons (Fsp3) is 0.167. The Kier molecular flexibility index (Phi) is 3.31. The van der Waals surface area contributed by atoms with Crippen LogP contribution in [0, 0.1) is 0 Å². The zero-order valence-corrected chi connectivity index (χ0v) is 9.78. The zero-order chi connectivity index (χ0) is 11.4. The van der Waals surface area contributed by atoms with Gasteiger partial charge in [-0.15, -0.1) is 11.3 Å².